The van der Waals surface area contributed by atoms with E-state index in [2.05, 4.69) is 15.6 Å². The van der Waals surface area contributed by atoms with Gasteiger partial charge in [0.1, 0.15) is 5.82 Å². The van der Waals surface area contributed by atoms with Crippen LogP contribution in [0.25, 0.3) is 0 Å². The summed E-state index contributed by atoms with van der Waals surface area (Å²) in [4.78, 5) is 4.29. The number of nitrogens with one attached hydrogen (secondary N) is 2. The van der Waals surface area contributed by atoms with Crippen LogP contribution in [0.15, 0.2) is 72.9 Å². The van der Waals surface area contributed by atoms with Crippen LogP contribution in [0.4, 0.5) is 32.2 Å². The predicted molar refractivity (Wildman–Crippen MR) is 128 cm³/mol. The van der Waals surface area contributed by atoms with Gasteiger partial charge in [-0.2, -0.15) is 26.3 Å². The average Bonchev–Trinajstić information content (AvgIpc) is 2.88. The van der Waals surface area contributed by atoms with E-state index >= 15 is 0 Å². The lowest BCUT2D eigenvalue weighted by Crippen LogP contribution is -2.55. The summed E-state index contributed by atoms with van der Waals surface area (Å²) in [5.74, 6) is 0.747. The van der Waals surface area contributed by atoms with Gasteiger partial charge in [0.25, 0.3) is 0 Å². The van der Waals surface area contributed by atoms with Gasteiger partial charge >= 0.3 is 12.4 Å². The van der Waals surface area contributed by atoms with E-state index in [0.29, 0.717) is 13.0 Å². The Kier molecular flexibility index (Phi) is 7.80. The molecule has 10 heteroatoms. The third-order valence-electron chi connectivity index (χ3n) is 6.61. The number of halogens is 6. The molecule has 37 heavy (non-hydrogen) atoms. The lowest BCUT2D eigenvalue weighted by molar-refractivity contribution is -0.143. The van der Waals surface area contributed by atoms with Gasteiger partial charge in [-0.1, -0.05) is 36.4 Å². The number of anilines is 1. The fraction of sp³-hybridized carbons (Fsp3) is 0.370. The van der Waals surface area contributed by atoms with Crippen molar-refractivity contribution in [2.75, 3.05) is 18.5 Å². The summed E-state index contributed by atoms with van der Waals surface area (Å²) < 4.78 is 85.9. The van der Waals surface area contributed by atoms with Crippen LogP contribution in [0.5, 0.6) is 0 Å². The molecule has 3 aromatic rings. The van der Waals surface area contributed by atoms with Crippen LogP contribution in [0, 0.1) is 0 Å². The van der Waals surface area contributed by atoms with E-state index < -0.39 is 35.1 Å². The highest BCUT2D eigenvalue weighted by Crippen LogP contribution is 2.39. The largest absolute Gasteiger partial charge is 0.416 e. The summed E-state index contributed by atoms with van der Waals surface area (Å²) >= 11 is 0. The number of aromatic nitrogens is 1. The highest BCUT2D eigenvalue weighted by atomic mass is 19.4. The van der Waals surface area contributed by atoms with Crippen molar-refractivity contribution >= 4 is 5.82 Å². The first-order valence-corrected chi connectivity index (χ1v) is 11.9. The van der Waals surface area contributed by atoms with Crippen LogP contribution in [0.3, 0.4) is 0 Å². The molecule has 3 atom stereocenters. The molecule has 2 heterocycles. The Morgan fingerprint density at radius 2 is 1.62 bits per heavy atom. The molecule has 4 rings (SSSR count). The summed E-state index contributed by atoms with van der Waals surface area (Å²) in [7, 11) is 0. The average molecular weight is 524 g/mol. The van der Waals surface area contributed by atoms with Crippen molar-refractivity contribution < 1.29 is 31.1 Å². The molecular weight excluding hydrogens is 496 g/mol. The van der Waals surface area contributed by atoms with Crippen LogP contribution in [0.1, 0.15) is 48.1 Å². The molecule has 0 saturated carbocycles. The van der Waals surface area contributed by atoms with Gasteiger partial charge in [-0.15, -0.1) is 0 Å². The molecule has 2 unspecified atom stereocenters. The fourth-order valence-corrected chi connectivity index (χ4v) is 4.50. The van der Waals surface area contributed by atoms with Crippen molar-refractivity contribution in [1.29, 1.82) is 0 Å². The van der Waals surface area contributed by atoms with Crippen molar-refractivity contribution in [3.63, 3.8) is 0 Å². The molecule has 1 aliphatic rings. The van der Waals surface area contributed by atoms with E-state index in [1.54, 1.807) is 6.20 Å². The lowest BCUT2D eigenvalue weighted by atomic mass is 9.81. The zero-order valence-electron chi connectivity index (χ0n) is 20.0. The first-order chi connectivity index (χ1) is 17.5. The number of hydrogen-bond acceptors (Lipinski definition) is 4. The molecule has 1 aromatic heterocycles. The molecule has 4 nitrogen and oxygen atoms in total. The molecule has 0 amide bonds. The molecule has 0 bridgehead atoms. The molecule has 0 radical (unpaired) electrons. The van der Waals surface area contributed by atoms with Crippen molar-refractivity contribution in [1.82, 2.24) is 10.3 Å². The molecular formula is C27H27F6N3O. The van der Waals surface area contributed by atoms with Crippen molar-refractivity contribution in [2.45, 2.75) is 49.8 Å². The normalized spacial score (nSPS) is 21.4. The van der Waals surface area contributed by atoms with Gasteiger partial charge in [0.05, 0.1) is 29.4 Å². The zero-order valence-corrected chi connectivity index (χ0v) is 20.0. The van der Waals surface area contributed by atoms with E-state index in [9.17, 15) is 26.3 Å². The number of hydrogen-bond donors (Lipinski definition) is 2. The van der Waals surface area contributed by atoms with Crippen LogP contribution >= 0.6 is 0 Å². The molecule has 198 valence electrons. The number of ether oxygens (including phenoxy) is 1. The van der Waals surface area contributed by atoms with Crippen molar-refractivity contribution in [3.05, 3.63) is 95.2 Å². The monoisotopic (exact) mass is 523 g/mol. The van der Waals surface area contributed by atoms with E-state index in [-0.39, 0.29) is 24.3 Å². The van der Waals surface area contributed by atoms with E-state index in [4.69, 9.17) is 4.74 Å². The van der Waals surface area contributed by atoms with Gasteiger partial charge in [-0.25, -0.2) is 4.98 Å². The van der Waals surface area contributed by atoms with Gasteiger partial charge < -0.3 is 15.4 Å². The van der Waals surface area contributed by atoms with Gasteiger partial charge in [0, 0.05) is 18.8 Å². The number of piperidine rings is 1. The number of nitrogens with zero attached hydrogens (tertiary/aromatic N) is 1. The van der Waals surface area contributed by atoms with E-state index in [1.165, 1.54) is 6.92 Å². The highest BCUT2D eigenvalue weighted by Gasteiger charge is 2.39. The summed E-state index contributed by atoms with van der Waals surface area (Å²) in [5, 5.41) is 6.90. The topological polar surface area (TPSA) is 46.2 Å². The highest BCUT2D eigenvalue weighted by molar-refractivity contribution is 5.36. The lowest BCUT2D eigenvalue weighted by Gasteiger charge is -2.42. The zero-order chi connectivity index (χ0) is 26.7. The summed E-state index contributed by atoms with van der Waals surface area (Å²) in [6.07, 6.45) is -7.76. The minimum atomic E-state index is -4.92. The summed E-state index contributed by atoms with van der Waals surface area (Å²) in [6, 6.07) is 16.7. The second-order valence-electron chi connectivity index (χ2n) is 9.22. The van der Waals surface area contributed by atoms with Crippen molar-refractivity contribution in [3.8, 4) is 0 Å². The maximum Gasteiger partial charge on any atom is 0.416 e. The maximum atomic E-state index is 13.3. The number of pyridine rings is 1. The second-order valence-corrected chi connectivity index (χ2v) is 9.22. The number of rotatable bonds is 7. The first-order valence-electron chi connectivity index (χ1n) is 11.9. The molecule has 0 spiro atoms. The Morgan fingerprint density at radius 3 is 2.16 bits per heavy atom. The van der Waals surface area contributed by atoms with Crippen LogP contribution in [-0.4, -0.2) is 24.2 Å². The molecule has 1 fully saturated rings. The Labute approximate surface area is 211 Å². The number of alkyl halides is 6. The minimum absolute atomic E-state index is 0.0616. The Balaban J connectivity index is 1.53. The fourth-order valence-electron chi connectivity index (χ4n) is 4.50. The summed E-state index contributed by atoms with van der Waals surface area (Å²) in [6.45, 7) is 2.08. The molecule has 2 N–H and O–H groups in total. The van der Waals surface area contributed by atoms with Crippen LogP contribution < -0.4 is 10.6 Å². The van der Waals surface area contributed by atoms with Crippen LogP contribution in [0.2, 0.25) is 0 Å². The first kappa shape index (κ1) is 26.9. The predicted octanol–water partition coefficient (Wildman–Crippen LogP) is 6.96. The van der Waals surface area contributed by atoms with Gasteiger partial charge in [0.2, 0.25) is 0 Å². The second kappa shape index (κ2) is 10.7. The SMILES string of the molecule is CC(OC[C@@]1(c2ccccc2)CCC(Nc2ccccn2)CN1)c1cc(C(F)(F)F)cc(C(F)(F)F)c1. The van der Waals surface area contributed by atoms with Gasteiger partial charge in [0.15, 0.2) is 0 Å². The minimum Gasteiger partial charge on any atom is -0.372 e. The van der Waals surface area contributed by atoms with Crippen LogP contribution in [-0.2, 0) is 22.6 Å². The molecule has 0 aliphatic carbocycles. The van der Waals surface area contributed by atoms with E-state index in [1.807, 2.05) is 48.5 Å². The van der Waals surface area contributed by atoms with E-state index in [0.717, 1.165) is 29.9 Å². The molecule has 2 aromatic carbocycles. The van der Waals surface area contributed by atoms with Crippen molar-refractivity contribution in [2.24, 2.45) is 0 Å². The van der Waals surface area contributed by atoms with Gasteiger partial charge in [-0.05, 0) is 61.2 Å². The molecule has 1 saturated heterocycles. The molecule has 1 aliphatic heterocycles. The third-order valence-corrected chi connectivity index (χ3v) is 6.61. The Hall–Kier alpha value is -3.11. The maximum absolute atomic E-state index is 13.3. The Bertz CT molecular complexity index is 1130. The Morgan fingerprint density at radius 1 is 0.973 bits per heavy atom. The summed E-state index contributed by atoms with van der Waals surface area (Å²) in [5.41, 5.74) is -2.63. The number of benzene rings is 2. The quantitative estimate of drug-likeness (QED) is 0.329. The standard InChI is InChI=1S/C27H27F6N3O/c1-18(19-13-21(26(28,29)30)15-22(14-19)27(31,32)33)37-17-25(20-7-3-2-4-8-20)11-10-23(16-35-25)36-24-9-5-6-12-34-24/h2-9,12-15,18,23,35H,10-11,16-17H2,1H3,(H,34,36)/t18?,23?,25-/m1/s1. The van der Waals surface area contributed by atoms with Gasteiger partial charge in [-0.3, -0.25) is 0 Å². The third kappa shape index (κ3) is 6.61. The smallest absolute Gasteiger partial charge is 0.372 e.